The van der Waals surface area contributed by atoms with E-state index in [0.29, 0.717) is 5.56 Å². The molecule has 0 N–H and O–H groups in total. The zero-order valence-electron chi connectivity index (χ0n) is 17.0. The van der Waals surface area contributed by atoms with E-state index in [1.165, 1.54) is 23.1 Å². The van der Waals surface area contributed by atoms with Gasteiger partial charge in [-0.3, -0.25) is 9.78 Å². The third-order valence-corrected chi connectivity index (χ3v) is 6.37. The van der Waals surface area contributed by atoms with Crippen LogP contribution < -0.4 is 0 Å². The number of hydrogen-bond acceptors (Lipinski definition) is 4. The Labute approximate surface area is 185 Å². The van der Waals surface area contributed by atoms with Gasteiger partial charge in [0.05, 0.1) is 4.90 Å². The highest BCUT2D eigenvalue weighted by molar-refractivity contribution is 7.90. The second-order valence-corrected chi connectivity index (χ2v) is 9.62. The van der Waals surface area contributed by atoms with Crippen LogP contribution in [0.2, 0.25) is 0 Å². The lowest BCUT2D eigenvalue weighted by molar-refractivity contribution is -0.141. The Bertz CT molecular complexity index is 1390. The Morgan fingerprint density at radius 2 is 1.67 bits per heavy atom. The second kappa shape index (κ2) is 7.91. The number of hydrogen-bond donors (Lipinski definition) is 0. The molecule has 172 valence electrons. The fourth-order valence-electron chi connectivity index (χ4n) is 3.60. The van der Waals surface area contributed by atoms with E-state index in [-0.39, 0.29) is 40.2 Å². The number of carbonyl (C=O) groups excluding carboxylic acids is 1. The lowest BCUT2D eigenvalue weighted by Crippen LogP contribution is -2.26. The van der Waals surface area contributed by atoms with Crippen LogP contribution in [-0.4, -0.2) is 30.5 Å². The van der Waals surface area contributed by atoms with Gasteiger partial charge < -0.3 is 4.90 Å². The number of rotatable bonds is 3. The van der Waals surface area contributed by atoms with E-state index in [0.717, 1.165) is 36.7 Å². The van der Waals surface area contributed by atoms with Crippen LogP contribution in [0, 0.1) is 11.6 Å². The third kappa shape index (κ3) is 4.45. The molecule has 33 heavy (non-hydrogen) atoms. The number of carbonyl (C=O) groups is 1. The van der Waals surface area contributed by atoms with Crippen LogP contribution in [0.1, 0.15) is 27.2 Å². The summed E-state index contributed by atoms with van der Waals surface area (Å²) < 4.78 is 90.2. The van der Waals surface area contributed by atoms with Crippen LogP contribution in [-0.2, 0) is 29.1 Å². The summed E-state index contributed by atoms with van der Waals surface area (Å²) >= 11 is 0. The Morgan fingerprint density at radius 1 is 0.970 bits per heavy atom. The Kier molecular flexibility index (Phi) is 5.47. The van der Waals surface area contributed by atoms with Crippen molar-refractivity contribution in [2.75, 3.05) is 6.26 Å². The molecule has 0 unspecified atom stereocenters. The number of halogens is 5. The first-order valence-electron chi connectivity index (χ1n) is 9.48. The van der Waals surface area contributed by atoms with Crippen molar-refractivity contribution < 1.29 is 35.2 Å². The zero-order chi connectivity index (χ0) is 24.1. The highest BCUT2D eigenvalue weighted by Crippen LogP contribution is 2.34. The van der Waals surface area contributed by atoms with E-state index < -0.39 is 39.2 Å². The van der Waals surface area contributed by atoms with E-state index in [1.807, 2.05) is 0 Å². The standard InChI is InChI=1S/C22H15F5N2O3S/c1-33(31,32)15-3-4-16(12-2-5-18(23)19(24)6-12)17(8-15)21(30)29-10-13-7-20(22(25,26)27)28-9-14(13)11-29/h2-9H,10-11H2,1H3. The predicted octanol–water partition coefficient (Wildman–Crippen LogP) is 4.61. The molecule has 0 bridgehead atoms. The number of sulfone groups is 1. The summed E-state index contributed by atoms with van der Waals surface area (Å²) in [7, 11) is -3.71. The first kappa shape index (κ1) is 22.8. The summed E-state index contributed by atoms with van der Waals surface area (Å²) in [6, 6.07) is 7.52. The van der Waals surface area contributed by atoms with Gasteiger partial charge in [0.15, 0.2) is 21.5 Å². The van der Waals surface area contributed by atoms with Gasteiger partial charge in [-0.05, 0) is 52.6 Å². The summed E-state index contributed by atoms with van der Waals surface area (Å²) in [5.74, 6) is -2.93. The maximum Gasteiger partial charge on any atom is 0.433 e. The molecule has 0 fully saturated rings. The third-order valence-electron chi connectivity index (χ3n) is 5.26. The summed E-state index contributed by atoms with van der Waals surface area (Å²) in [5, 5.41) is 0. The van der Waals surface area contributed by atoms with Gasteiger partial charge in [-0.15, -0.1) is 0 Å². The number of alkyl halides is 3. The molecule has 11 heteroatoms. The zero-order valence-corrected chi connectivity index (χ0v) is 17.8. The number of aromatic nitrogens is 1. The van der Waals surface area contributed by atoms with E-state index in [2.05, 4.69) is 4.98 Å². The molecule has 0 saturated carbocycles. The van der Waals surface area contributed by atoms with Gasteiger partial charge in [-0.2, -0.15) is 13.2 Å². The highest BCUT2D eigenvalue weighted by Gasteiger charge is 2.35. The molecule has 1 amide bonds. The number of nitrogens with zero attached hydrogens (tertiary/aromatic N) is 2. The van der Waals surface area contributed by atoms with Crippen LogP contribution in [0.15, 0.2) is 53.6 Å². The van der Waals surface area contributed by atoms with Gasteiger partial charge >= 0.3 is 6.18 Å². The summed E-state index contributed by atoms with van der Waals surface area (Å²) in [5.41, 5.74) is -0.228. The lowest BCUT2D eigenvalue weighted by Gasteiger charge is -2.19. The number of fused-ring (bicyclic) bond motifs is 1. The SMILES string of the molecule is CS(=O)(=O)c1ccc(-c2ccc(F)c(F)c2)c(C(=O)N2Cc3cnc(C(F)(F)F)cc3C2)c1. The van der Waals surface area contributed by atoms with Crippen molar-refractivity contribution in [1.29, 1.82) is 0 Å². The van der Waals surface area contributed by atoms with E-state index in [1.54, 1.807) is 0 Å². The van der Waals surface area contributed by atoms with Gasteiger partial charge in [-0.25, -0.2) is 17.2 Å². The molecule has 3 aromatic rings. The minimum absolute atomic E-state index is 0.0420. The van der Waals surface area contributed by atoms with Crippen molar-refractivity contribution in [3.63, 3.8) is 0 Å². The maximum atomic E-state index is 13.8. The molecule has 1 aliphatic heterocycles. The van der Waals surface area contributed by atoms with Gasteiger partial charge in [-0.1, -0.05) is 12.1 Å². The molecule has 0 spiro atoms. The average molecular weight is 482 g/mol. The number of pyridine rings is 1. The molecule has 0 radical (unpaired) electrons. The summed E-state index contributed by atoms with van der Waals surface area (Å²) in [6.45, 7) is -0.195. The van der Waals surface area contributed by atoms with Crippen molar-refractivity contribution in [3.8, 4) is 11.1 Å². The molecule has 0 atom stereocenters. The number of amides is 1. The summed E-state index contributed by atoms with van der Waals surface area (Å²) in [4.78, 5) is 17.8. The lowest BCUT2D eigenvalue weighted by atomic mass is 9.98. The van der Waals surface area contributed by atoms with Gasteiger partial charge in [0.2, 0.25) is 0 Å². The molecule has 5 nitrogen and oxygen atoms in total. The fourth-order valence-corrected chi connectivity index (χ4v) is 4.24. The van der Waals surface area contributed by atoms with Crippen molar-refractivity contribution in [1.82, 2.24) is 9.88 Å². The minimum Gasteiger partial charge on any atom is -0.330 e. The van der Waals surface area contributed by atoms with Gasteiger partial charge in [0.25, 0.3) is 5.91 Å². The smallest absolute Gasteiger partial charge is 0.330 e. The molecule has 0 aliphatic carbocycles. The first-order valence-corrected chi connectivity index (χ1v) is 11.4. The quantitative estimate of drug-likeness (QED) is 0.512. The first-order chi connectivity index (χ1) is 15.3. The minimum atomic E-state index is -4.64. The Morgan fingerprint density at radius 3 is 2.30 bits per heavy atom. The normalized spacial score (nSPS) is 13.8. The predicted molar refractivity (Wildman–Crippen MR) is 108 cm³/mol. The Hall–Kier alpha value is -3.34. The molecule has 1 aromatic heterocycles. The topological polar surface area (TPSA) is 67.3 Å². The second-order valence-electron chi connectivity index (χ2n) is 7.61. The van der Waals surface area contributed by atoms with Crippen LogP contribution in [0.4, 0.5) is 22.0 Å². The summed E-state index contributed by atoms with van der Waals surface area (Å²) in [6.07, 6.45) is -2.64. The van der Waals surface area contributed by atoms with E-state index in [4.69, 9.17) is 0 Å². The Balaban J connectivity index is 1.76. The van der Waals surface area contributed by atoms with Crippen LogP contribution >= 0.6 is 0 Å². The van der Waals surface area contributed by atoms with Gasteiger partial charge in [0.1, 0.15) is 5.69 Å². The highest BCUT2D eigenvalue weighted by atomic mass is 32.2. The van der Waals surface area contributed by atoms with Crippen LogP contribution in [0.5, 0.6) is 0 Å². The van der Waals surface area contributed by atoms with Crippen molar-refractivity contribution >= 4 is 15.7 Å². The molecule has 0 saturated heterocycles. The molecular weight excluding hydrogens is 467 g/mol. The van der Waals surface area contributed by atoms with Crippen molar-refractivity contribution in [2.24, 2.45) is 0 Å². The largest absolute Gasteiger partial charge is 0.433 e. The molecule has 4 rings (SSSR count). The van der Waals surface area contributed by atoms with Crippen molar-refractivity contribution in [2.45, 2.75) is 24.2 Å². The molecule has 2 heterocycles. The average Bonchev–Trinajstić information content (AvgIpc) is 3.17. The molecule has 2 aromatic carbocycles. The van der Waals surface area contributed by atoms with Gasteiger partial charge in [0, 0.05) is 31.1 Å². The van der Waals surface area contributed by atoms with Crippen molar-refractivity contribution in [3.05, 3.63) is 82.7 Å². The molecular formula is C22H15F5N2O3S. The molecule has 1 aliphatic rings. The van der Waals surface area contributed by atoms with E-state index in [9.17, 15) is 35.2 Å². The fraction of sp³-hybridized carbons (Fsp3) is 0.182. The maximum absolute atomic E-state index is 13.8. The number of benzene rings is 2. The van der Waals surface area contributed by atoms with E-state index >= 15 is 0 Å². The monoisotopic (exact) mass is 482 g/mol. The van der Waals surface area contributed by atoms with Crippen LogP contribution in [0.3, 0.4) is 0 Å². The van der Waals surface area contributed by atoms with Crippen LogP contribution in [0.25, 0.3) is 11.1 Å².